The zero-order valence-corrected chi connectivity index (χ0v) is 11.0. The first-order chi connectivity index (χ1) is 10.1. The lowest BCUT2D eigenvalue weighted by atomic mass is 10.1. The van der Waals surface area contributed by atoms with Gasteiger partial charge in [-0.3, -0.25) is 4.79 Å². The Labute approximate surface area is 118 Å². The van der Waals surface area contributed by atoms with Crippen molar-refractivity contribution in [3.05, 3.63) is 51.8 Å². The Morgan fingerprint density at radius 1 is 1.33 bits per heavy atom. The van der Waals surface area contributed by atoms with Crippen LogP contribution < -0.4 is 5.63 Å². The fourth-order valence-electron chi connectivity index (χ4n) is 1.73. The summed E-state index contributed by atoms with van der Waals surface area (Å²) in [7, 11) is 0. The number of para-hydroxylation sites is 1. The molecule has 0 aliphatic rings. The number of esters is 1. The van der Waals surface area contributed by atoms with Gasteiger partial charge in [0.05, 0.1) is 6.61 Å². The molecular weight excluding hydrogens is 276 g/mol. The maximum absolute atomic E-state index is 12.1. The zero-order valence-electron chi connectivity index (χ0n) is 11.0. The third kappa shape index (κ3) is 2.77. The Bertz CT molecular complexity index is 831. The number of hydrogen-bond donors (Lipinski definition) is 0. The normalized spacial score (nSPS) is 9.95. The summed E-state index contributed by atoms with van der Waals surface area (Å²) >= 11 is 0. The van der Waals surface area contributed by atoms with Gasteiger partial charge in [0, 0.05) is 5.39 Å². The van der Waals surface area contributed by atoms with E-state index in [-0.39, 0.29) is 6.61 Å². The molecule has 0 amide bonds. The first-order valence-electron chi connectivity index (χ1n) is 6.05. The molecule has 1 heterocycles. The fourth-order valence-corrected chi connectivity index (χ4v) is 1.73. The number of rotatable bonds is 4. The quantitative estimate of drug-likeness (QED) is 0.159. The number of carbonyl (C=O) groups is 2. The second kappa shape index (κ2) is 5.94. The Hall–Kier alpha value is -3.05. The van der Waals surface area contributed by atoms with E-state index in [1.165, 1.54) is 13.0 Å². The molecule has 0 saturated heterocycles. The van der Waals surface area contributed by atoms with Crippen LogP contribution in [-0.4, -0.2) is 28.9 Å². The van der Waals surface area contributed by atoms with Gasteiger partial charge in [0.2, 0.25) is 0 Å². The average Bonchev–Trinajstić information content (AvgIpc) is 2.47. The van der Waals surface area contributed by atoms with E-state index in [4.69, 9.17) is 9.95 Å². The molecule has 0 radical (unpaired) electrons. The number of ketones is 1. The Balaban J connectivity index is 2.53. The van der Waals surface area contributed by atoms with Gasteiger partial charge >= 0.3 is 17.3 Å². The van der Waals surface area contributed by atoms with Gasteiger partial charge in [-0.05, 0) is 19.1 Å². The van der Waals surface area contributed by atoms with E-state index in [2.05, 4.69) is 9.53 Å². The number of nitrogens with zero attached hydrogens (tertiary/aromatic N) is 2. The second-order valence-electron chi connectivity index (χ2n) is 3.98. The molecule has 0 atom stereocenters. The third-order valence-electron chi connectivity index (χ3n) is 2.67. The highest BCUT2D eigenvalue weighted by molar-refractivity contribution is 6.65. The molecule has 7 nitrogen and oxygen atoms in total. The molecule has 0 spiro atoms. The molecule has 0 aliphatic carbocycles. The molecule has 0 aliphatic heterocycles. The number of benzene rings is 1. The van der Waals surface area contributed by atoms with E-state index in [0.29, 0.717) is 11.0 Å². The highest BCUT2D eigenvalue weighted by Crippen LogP contribution is 2.13. The number of ether oxygens (including phenoxy) is 1. The summed E-state index contributed by atoms with van der Waals surface area (Å²) in [5.74, 6) is -2.17. The summed E-state index contributed by atoms with van der Waals surface area (Å²) in [5.41, 5.74) is 6.89. The van der Waals surface area contributed by atoms with E-state index >= 15 is 0 Å². The van der Waals surface area contributed by atoms with E-state index in [1.807, 2.05) is 0 Å². The molecule has 0 saturated carbocycles. The maximum Gasteiger partial charge on any atom is 0.446 e. The SMILES string of the molecule is CCOC(=O)C(=[N+]=[N-])C(=O)c1cc2ccccc2oc1=O. The zero-order chi connectivity index (χ0) is 15.4. The summed E-state index contributed by atoms with van der Waals surface area (Å²) in [6.45, 7) is 1.53. The summed E-state index contributed by atoms with van der Waals surface area (Å²) in [6.07, 6.45) is 0. The Morgan fingerprint density at radius 2 is 2.05 bits per heavy atom. The largest absolute Gasteiger partial charge is 0.457 e. The monoisotopic (exact) mass is 286 g/mol. The van der Waals surface area contributed by atoms with Gasteiger partial charge in [0.15, 0.2) is 0 Å². The van der Waals surface area contributed by atoms with Gasteiger partial charge in [-0.15, -0.1) is 0 Å². The van der Waals surface area contributed by atoms with Crippen molar-refractivity contribution in [2.24, 2.45) is 0 Å². The molecule has 1 aromatic carbocycles. The van der Waals surface area contributed by atoms with Gasteiger partial charge in [0.25, 0.3) is 5.78 Å². The smallest absolute Gasteiger partial charge is 0.446 e. The lowest BCUT2D eigenvalue weighted by Gasteiger charge is -1.99. The summed E-state index contributed by atoms with van der Waals surface area (Å²) < 4.78 is 9.56. The van der Waals surface area contributed by atoms with Crippen LogP contribution in [-0.2, 0) is 9.53 Å². The van der Waals surface area contributed by atoms with Crippen molar-refractivity contribution >= 4 is 28.4 Å². The molecule has 2 rings (SSSR count). The van der Waals surface area contributed by atoms with Gasteiger partial charge in [-0.2, -0.15) is 4.79 Å². The highest BCUT2D eigenvalue weighted by atomic mass is 16.5. The molecule has 21 heavy (non-hydrogen) atoms. The minimum absolute atomic E-state index is 0.00252. The highest BCUT2D eigenvalue weighted by Gasteiger charge is 2.34. The molecular formula is C14H10N2O5. The van der Waals surface area contributed by atoms with Crippen LogP contribution in [0, 0.1) is 0 Å². The predicted octanol–water partition coefficient (Wildman–Crippen LogP) is 1.21. The van der Waals surface area contributed by atoms with Crippen LogP contribution in [0.15, 0.2) is 39.5 Å². The molecule has 0 unspecified atom stereocenters. The van der Waals surface area contributed by atoms with Crippen LogP contribution in [0.4, 0.5) is 0 Å². The van der Waals surface area contributed by atoms with Crippen molar-refractivity contribution in [3.8, 4) is 0 Å². The van der Waals surface area contributed by atoms with Gasteiger partial charge in [-0.25, -0.2) is 9.59 Å². The van der Waals surface area contributed by atoms with E-state index in [0.717, 1.165) is 0 Å². The van der Waals surface area contributed by atoms with Crippen LogP contribution in [0.2, 0.25) is 0 Å². The van der Waals surface area contributed by atoms with Crippen LogP contribution in [0.5, 0.6) is 0 Å². The molecule has 1 aromatic heterocycles. The van der Waals surface area contributed by atoms with Crippen LogP contribution in [0.3, 0.4) is 0 Å². The topological polar surface area (TPSA) is 110 Å². The third-order valence-corrected chi connectivity index (χ3v) is 2.67. The lowest BCUT2D eigenvalue weighted by molar-refractivity contribution is -0.139. The van der Waals surface area contributed by atoms with Crippen molar-refractivity contribution in [2.45, 2.75) is 6.92 Å². The first kappa shape index (κ1) is 14.4. The fraction of sp³-hybridized carbons (Fsp3) is 0.143. The first-order valence-corrected chi connectivity index (χ1v) is 6.05. The number of Topliss-reactive ketones (excluding diaryl/α,β-unsaturated/α-hetero) is 1. The van der Waals surface area contributed by atoms with Gasteiger partial charge in [-0.1, -0.05) is 18.2 Å². The average molecular weight is 286 g/mol. The van der Waals surface area contributed by atoms with Crippen molar-refractivity contribution in [1.29, 1.82) is 0 Å². The summed E-state index contributed by atoms with van der Waals surface area (Å²) in [4.78, 5) is 38.0. The Kier molecular flexibility index (Phi) is 4.06. The number of fused-ring (bicyclic) bond motifs is 1. The maximum atomic E-state index is 12.1. The van der Waals surface area contributed by atoms with Crippen molar-refractivity contribution in [1.82, 2.24) is 0 Å². The van der Waals surface area contributed by atoms with E-state index in [1.54, 1.807) is 24.3 Å². The summed E-state index contributed by atoms with van der Waals surface area (Å²) in [5, 5.41) is 0.501. The number of hydrogen-bond acceptors (Lipinski definition) is 5. The molecule has 0 bridgehead atoms. The van der Waals surface area contributed by atoms with Gasteiger partial charge < -0.3 is 14.7 Å². The minimum atomic E-state index is -1.11. The molecule has 106 valence electrons. The second-order valence-corrected chi connectivity index (χ2v) is 3.98. The molecule has 0 fully saturated rings. The molecule has 0 N–H and O–H groups in total. The summed E-state index contributed by atoms with van der Waals surface area (Å²) in [6, 6.07) is 7.84. The van der Waals surface area contributed by atoms with Gasteiger partial charge in [0.1, 0.15) is 11.1 Å². The van der Waals surface area contributed by atoms with Crippen molar-refractivity contribution in [2.75, 3.05) is 6.61 Å². The standard InChI is InChI=1S/C14H10N2O5/c1-2-20-14(19)11(16-15)12(17)9-7-8-5-3-4-6-10(8)21-13(9)18/h3-7H,2H2,1H3. The van der Waals surface area contributed by atoms with E-state index in [9.17, 15) is 14.4 Å². The molecule has 2 aromatic rings. The van der Waals surface area contributed by atoms with Crippen LogP contribution in [0.25, 0.3) is 16.5 Å². The van der Waals surface area contributed by atoms with E-state index < -0.39 is 28.7 Å². The Morgan fingerprint density at radius 3 is 2.71 bits per heavy atom. The van der Waals surface area contributed by atoms with Crippen LogP contribution in [0.1, 0.15) is 17.3 Å². The minimum Gasteiger partial charge on any atom is -0.457 e. The lowest BCUT2D eigenvalue weighted by Crippen LogP contribution is -2.30. The van der Waals surface area contributed by atoms with Crippen molar-refractivity contribution in [3.63, 3.8) is 0 Å². The predicted molar refractivity (Wildman–Crippen MR) is 72.1 cm³/mol. The van der Waals surface area contributed by atoms with Crippen LogP contribution >= 0.6 is 0 Å². The molecule has 7 heteroatoms. The number of carbonyl (C=O) groups excluding carboxylic acids is 2. The van der Waals surface area contributed by atoms with Crippen molar-refractivity contribution < 1.29 is 23.5 Å².